The second-order valence-corrected chi connectivity index (χ2v) is 7.19. The van der Waals surface area contributed by atoms with Gasteiger partial charge in [-0.25, -0.2) is 0 Å². The number of hydroxylamine groups is 2. The molecule has 0 spiro atoms. The van der Waals surface area contributed by atoms with Gasteiger partial charge in [-0.15, -0.1) is 0 Å². The molecule has 1 unspecified atom stereocenters. The smallest absolute Gasteiger partial charge is 0.376 e. The first-order valence-corrected chi connectivity index (χ1v) is 8.66. The van der Waals surface area contributed by atoms with Gasteiger partial charge in [0.25, 0.3) is 0 Å². The second-order valence-electron chi connectivity index (χ2n) is 4.09. The van der Waals surface area contributed by atoms with Crippen LogP contribution in [0, 0.1) is 0 Å². The Bertz CT molecular complexity index is 200. The molecule has 0 radical (unpaired) electrons. The van der Waals surface area contributed by atoms with Crippen LogP contribution in [0.5, 0.6) is 0 Å². The summed E-state index contributed by atoms with van der Waals surface area (Å²) in [6.07, 6.45) is 2.56. The van der Waals surface area contributed by atoms with Crippen molar-refractivity contribution in [2.75, 3.05) is 34.5 Å². The predicted octanol–water partition coefficient (Wildman–Crippen LogP) is 2.17. The van der Waals surface area contributed by atoms with Gasteiger partial charge in [-0.1, -0.05) is 26.0 Å². The van der Waals surface area contributed by atoms with Crippen molar-refractivity contribution in [1.29, 1.82) is 0 Å². The fourth-order valence-corrected chi connectivity index (χ4v) is 3.99. The summed E-state index contributed by atoms with van der Waals surface area (Å²) in [5.41, 5.74) is -0.189. The van der Waals surface area contributed by atoms with E-state index in [2.05, 4.69) is 0 Å². The molecule has 0 N–H and O–H groups in total. The van der Waals surface area contributed by atoms with Gasteiger partial charge in [0.2, 0.25) is 0 Å². The number of nitrogens with zero attached hydrogens (tertiary/aromatic N) is 1. The van der Waals surface area contributed by atoms with Crippen LogP contribution in [0.3, 0.4) is 0 Å². The van der Waals surface area contributed by atoms with Crippen molar-refractivity contribution in [2.45, 2.75) is 45.7 Å². The van der Waals surface area contributed by atoms with Crippen molar-refractivity contribution in [2.24, 2.45) is 0 Å². The van der Waals surface area contributed by atoms with Crippen LogP contribution >= 0.6 is 0 Å². The van der Waals surface area contributed by atoms with Gasteiger partial charge >= 0.3 is 8.80 Å². The van der Waals surface area contributed by atoms with Crippen molar-refractivity contribution in [3.8, 4) is 0 Å². The van der Waals surface area contributed by atoms with E-state index in [1.165, 1.54) is 5.23 Å². The molecule has 0 fully saturated rings. The number of rotatable bonds is 12. The zero-order valence-electron chi connectivity index (χ0n) is 13.1. The zero-order valence-corrected chi connectivity index (χ0v) is 14.1. The first kappa shape index (κ1) is 19.0. The minimum absolute atomic E-state index is 0.189. The Morgan fingerprint density at radius 1 is 0.842 bits per heavy atom. The Morgan fingerprint density at radius 3 is 1.53 bits per heavy atom. The summed E-state index contributed by atoms with van der Waals surface area (Å²) in [5.74, 6) is 0. The maximum absolute atomic E-state index is 5.66. The quantitative estimate of drug-likeness (QED) is 0.406. The molecular weight excluding hydrogens is 266 g/mol. The summed E-state index contributed by atoms with van der Waals surface area (Å²) >= 11 is 0. The van der Waals surface area contributed by atoms with Crippen LogP contribution in [-0.2, 0) is 23.0 Å². The first-order valence-electron chi connectivity index (χ1n) is 6.86. The van der Waals surface area contributed by atoms with Crippen molar-refractivity contribution in [3.63, 3.8) is 0 Å². The van der Waals surface area contributed by atoms with E-state index in [0.717, 1.165) is 19.3 Å². The van der Waals surface area contributed by atoms with E-state index in [9.17, 15) is 0 Å². The van der Waals surface area contributed by atoms with Crippen LogP contribution in [-0.4, -0.2) is 54.2 Å². The minimum atomic E-state index is -2.83. The van der Waals surface area contributed by atoms with E-state index in [-0.39, 0.29) is 5.67 Å². The van der Waals surface area contributed by atoms with Gasteiger partial charge in [0.1, 0.15) is 5.67 Å². The third kappa shape index (κ3) is 5.47. The molecule has 0 saturated heterocycles. The van der Waals surface area contributed by atoms with Crippen LogP contribution in [0.15, 0.2) is 0 Å². The highest BCUT2D eigenvalue weighted by Gasteiger charge is 2.51. The van der Waals surface area contributed by atoms with E-state index in [4.69, 9.17) is 23.0 Å². The van der Waals surface area contributed by atoms with Gasteiger partial charge in [0, 0.05) is 21.3 Å². The largest absolute Gasteiger partial charge is 0.523 e. The summed E-state index contributed by atoms with van der Waals surface area (Å²) in [6.45, 7) is 7.30. The topological polar surface area (TPSA) is 49.4 Å². The molecule has 1 atom stereocenters. The Hall–Kier alpha value is -0.0231. The summed E-state index contributed by atoms with van der Waals surface area (Å²) in [4.78, 5) is 11.3. The Labute approximate surface area is 118 Å². The van der Waals surface area contributed by atoms with E-state index >= 15 is 0 Å². The molecule has 6 nitrogen and oxygen atoms in total. The highest BCUT2D eigenvalue weighted by atomic mass is 28.4. The average molecular weight is 295 g/mol. The van der Waals surface area contributed by atoms with Gasteiger partial charge in [-0.3, -0.25) is 9.68 Å². The summed E-state index contributed by atoms with van der Waals surface area (Å²) in [7, 11) is 1.96. The molecule has 0 aliphatic heterocycles. The van der Waals surface area contributed by atoms with Gasteiger partial charge in [-0.2, -0.15) is 0 Å². The van der Waals surface area contributed by atoms with Crippen LogP contribution in [0.2, 0.25) is 0 Å². The molecule has 0 rings (SSSR count). The lowest BCUT2D eigenvalue weighted by atomic mass is 10.5. The molecule has 0 aromatic rings. The van der Waals surface area contributed by atoms with Gasteiger partial charge in [0.15, 0.2) is 0 Å². The van der Waals surface area contributed by atoms with E-state index < -0.39 is 8.80 Å². The summed E-state index contributed by atoms with van der Waals surface area (Å²) in [5, 5.41) is 1.51. The lowest BCUT2D eigenvalue weighted by Crippen LogP contribution is -2.61. The molecule has 7 heteroatoms. The average Bonchev–Trinajstić information content (AvgIpc) is 2.46. The minimum Gasteiger partial charge on any atom is -0.376 e. The maximum atomic E-state index is 5.66. The maximum Gasteiger partial charge on any atom is 0.523 e. The van der Waals surface area contributed by atoms with E-state index in [1.54, 1.807) is 21.3 Å². The molecule has 0 aromatic carbocycles. The van der Waals surface area contributed by atoms with Crippen LogP contribution in [0.25, 0.3) is 0 Å². The Morgan fingerprint density at radius 2 is 1.26 bits per heavy atom. The molecule has 0 heterocycles. The fourth-order valence-electron chi connectivity index (χ4n) is 1.77. The normalized spacial score (nSPS) is 14.1. The van der Waals surface area contributed by atoms with Crippen molar-refractivity contribution in [3.05, 3.63) is 0 Å². The van der Waals surface area contributed by atoms with Crippen LogP contribution in [0.1, 0.15) is 40.0 Å². The molecule has 0 saturated carbocycles. The van der Waals surface area contributed by atoms with Crippen LogP contribution in [0.4, 0.5) is 0 Å². The number of hydrogen-bond donors (Lipinski definition) is 0. The summed E-state index contributed by atoms with van der Waals surface area (Å²) in [6, 6.07) is 0. The molecule has 116 valence electrons. The molecule has 0 aliphatic carbocycles. The molecule has 0 aliphatic rings. The van der Waals surface area contributed by atoms with E-state index in [0.29, 0.717) is 13.2 Å². The molecule has 19 heavy (non-hydrogen) atoms. The lowest BCUT2D eigenvalue weighted by Gasteiger charge is -2.37. The monoisotopic (exact) mass is 295 g/mol. The van der Waals surface area contributed by atoms with Gasteiger partial charge in [0.05, 0.1) is 13.2 Å². The van der Waals surface area contributed by atoms with Crippen molar-refractivity contribution < 1.29 is 23.0 Å². The highest BCUT2D eigenvalue weighted by molar-refractivity contribution is 6.62. The first-order chi connectivity index (χ1) is 9.15. The second kappa shape index (κ2) is 10.7. The molecule has 0 amide bonds. The van der Waals surface area contributed by atoms with Gasteiger partial charge in [-0.05, 0) is 19.3 Å². The van der Waals surface area contributed by atoms with Crippen molar-refractivity contribution in [1.82, 2.24) is 5.23 Å². The third-order valence-electron chi connectivity index (χ3n) is 2.75. The molecular formula is C12H29NO5Si. The number of hydrogen-bond acceptors (Lipinski definition) is 6. The Kier molecular flexibility index (Phi) is 10.7. The van der Waals surface area contributed by atoms with Gasteiger partial charge < -0.3 is 13.3 Å². The van der Waals surface area contributed by atoms with Crippen molar-refractivity contribution >= 4 is 8.80 Å². The summed E-state index contributed by atoms with van der Waals surface area (Å²) < 4.78 is 16.6. The third-order valence-corrected chi connectivity index (χ3v) is 5.89. The van der Waals surface area contributed by atoms with E-state index in [1.807, 2.05) is 20.8 Å². The fraction of sp³-hybridized carbons (Fsp3) is 1.00. The lowest BCUT2D eigenvalue weighted by molar-refractivity contribution is -0.382. The predicted molar refractivity (Wildman–Crippen MR) is 75.2 cm³/mol. The SMILES string of the molecule is CCCON(OCCC)C(CC)[Si](OC)(OC)OC. The standard InChI is InChI=1S/C12H29NO5Si/c1-7-10-17-13(18-11-8-2)12(9-3)19(14-4,15-5)16-6/h12H,7-11H2,1-6H3. The Balaban J connectivity index is 4.95. The molecule has 0 bridgehead atoms. The molecule has 0 aromatic heterocycles. The zero-order chi connectivity index (χ0) is 14.7. The highest BCUT2D eigenvalue weighted by Crippen LogP contribution is 2.21. The van der Waals surface area contributed by atoms with Crippen LogP contribution < -0.4 is 0 Å².